The van der Waals surface area contributed by atoms with Gasteiger partial charge in [-0.1, -0.05) is 0 Å². The molecule has 4 nitrogen and oxygen atoms in total. The number of hydrogen-bond donors (Lipinski definition) is 1. The predicted octanol–water partition coefficient (Wildman–Crippen LogP) is 0.400. The van der Waals surface area contributed by atoms with Gasteiger partial charge in [-0.2, -0.15) is 0 Å². The van der Waals surface area contributed by atoms with Crippen LogP contribution < -0.4 is 11.3 Å². The summed E-state index contributed by atoms with van der Waals surface area (Å²) in [5.74, 6) is 4.63. The van der Waals surface area contributed by atoms with Crippen LogP contribution in [-0.4, -0.2) is 11.7 Å². The van der Waals surface area contributed by atoms with E-state index in [1.807, 2.05) is 0 Å². The summed E-state index contributed by atoms with van der Waals surface area (Å²) in [6.45, 7) is 5.24. The summed E-state index contributed by atoms with van der Waals surface area (Å²) >= 11 is 0. The first-order chi connectivity index (χ1) is 3.95. The minimum Gasteiger partial charge on any atom is -0.441 e. The van der Waals surface area contributed by atoms with E-state index >= 15 is 0 Å². The van der Waals surface area contributed by atoms with E-state index in [4.69, 9.17) is 0 Å². The van der Waals surface area contributed by atoms with Gasteiger partial charge in [-0.05, 0) is 20.8 Å². The van der Waals surface area contributed by atoms with E-state index in [1.165, 1.54) is 0 Å². The number of nitrogens with two attached hydrogens (primary N) is 1. The quantitative estimate of drug-likeness (QED) is 0.294. The van der Waals surface area contributed by atoms with Crippen LogP contribution in [0.15, 0.2) is 0 Å². The Morgan fingerprint density at radius 2 is 2.00 bits per heavy atom. The highest BCUT2D eigenvalue weighted by Gasteiger charge is 2.15. The molecule has 0 saturated carbocycles. The van der Waals surface area contributed by atoms with Crippen LogP contribution in [0.1, 0.15) is 20.8 Å². The van der Waals surface area contributed by atoms with Gasteiger partial charge in [-0.15, -0.1) is 5.43 Å². The Morgan fingerprint density at radius 3 is 2.11 bits per heavy atom. The Bertz CT molecular complexity index is 106. The van der Waals surface area contributed by atoms with Crippen LogP contribution in [0.25, 0.3) is 0 Å². The highest BCUT2D eigenvalue weighted by molar-refractivity contribution is 5.66. The first kappa shape index (κ1) is 8.23. The molecular weight excluding hydrogens is 120 g/mol. The maximum Gasteiger partial charge on any atom is 0.445 e. The number of hydrogen-bond acceptors (Lipinski definition) is 3. The molecule has 0 saturated heterocycles. The maximum absolute atomic E-state index is 10.3. The third kappa shape index (κ3) is 5.10. The molecule has 0 aromatic carbocycles. The summed E-state index contributed by atoms with van der Waals surface area (Å²) < 4.78 is 4.66. The lowest BCUT2D eigenvalue weighted by molar-refractivity contribution is 0.0520. The van der Waals surface area contributed by atoms with Gasteiger partial charge < -0.3 is 4.74 Å². The molecule has 0 rings (SSSR count). The molecule has 0 spiro atoms. The van der Waals surface area contributed by atoms with Crippen LogP contribution in [0.2, 0.25) is 0 Å². The minimum absolute atomic E-state index is 0.500. The van der Waals surface area contributed by atoms with E-state index < -0.39 is 11.7 Å². The van der Waals surface area contributed by atoms with E-state index in [2.05, 4.69) is 16.0 Å². The van der Waals surface area contributed by atoms with Gasteiger partial charge in [-0.25, -0.2) is 10.6 Å². The lowest BCUT2D eigenvalue weighted by atomic mass is 10.2. The topological polar surface area (TPSA) is 66.4 Å². The summed E-state index contributed by atoms with van der Waals surface area (Å²) in [4.78, 5) is 10.3. The molecule has 0 aliphatic carbocycles. The molecule has 0 fully saturated rings. The van der Waals surface area contributed by atoms with Gasteiger partial charge in [0.15, 0.2) is 0 Å². The van der Waals surface area contributed by atoms with Gasteiger partial charge in [0.25, 0.3) is 0 Å². The van der Waals surface area contributed by atoms with Crippen molar-refractivity contribution in [1.82, 2.24) is 5.43 Å². The minimum atomic E-state index is -0.734. The van der Waals surface area contributed by atoms with E-state index in [0.717, 1.165) is 0 Å². The van der Waals surface area contributed by atoms with Crippen molar-refractivity contribution in [2.24, 2.45) is 5.84 Å². The Hall–Kier alpha value is -0.770. The largest absolute Gasteiger partial charge is 0.445 e. The van der Waals surface area contributed by atoms with E-state index in [-0.39, 0.29) is 0 Å². The average molecular weight is 131 g/mol. The SMILES string of the molecule is CC(C)(C)OC(=O)[N]N. The van der Waals surface area contributed by atoms with Crippen LogP contribution in [-0.2, 0) is 4.74 Å². The Balaban J connectivity index is 3.60. The number of carbonyl (C=O) groups is 1. The van der Waals surface area contributed by atoms with Crippen LogP contribution in [0.5, 0.6) is 0 Å². The fraction of sp³-hybridized carbons (Fsp3) is 0.800. The summed E-state index contributed by atoms with van der Waals surface area (Å²) in [6.07, 6.45) is -0.734. The monoisotopic (exact) mass is 131 g/mol. The smallest absolute Gasteiger partial charge is 0.441 e. The van der Waals surface area contributed by atoms with Gasteiger partial charge in [0.05, 0.1) is 0 Å². The van der Waals surface area contributed by atoms with Gasteiger partial charge in [-0.3, -0.25) is 0 Å². The third-order valence-corrected chi connectivity index (χ3v) is 0.499. The molecule has 0 aromatic rings. The lowest BCUT2D eigenvalue weighted by Crippen LogP contribution is -2.31. The third-order valence-electron chi connectivity index (χ3n) is 0.499. The molecular formula is C5H11N2O2. The second-order valence-corrected chi connectivity index (χ2v) is 2.61. The first-order valence-corrected chi connectivity index (χ1v) is 2.59. The molecule has 1 radical (unpaired) electrons. The molecule has 0 aliphatic heterocycles. The van der Waals surface area contributed by atoms with Crippen molar-refractivity contribution in [1.29, 1.82) is 0 Å². The standard InChI is InChI=1S/C5H11N2O2/c1-5(2,3)9-4(8)7-6/h6H2,1-3H3. The fourth-order valence-electron chi connectivity index (χ4n) is 0.288. The molecule has 0 bridgehead atoms. The van der Waals surface area contributed by atoms with E-state index in [1.54, 1.807) is 20.8 Å². The van der Waals surface area contributed by atoms with Crippen molar-refractivity contribution < 1.29 is 9.53 Å². The van der Waals surface area contributed by atoms with Crippen molar-refractivity contribution in [2.45, 2.75) is 26.4 Å². The zero-order chi connectivity index (χ0) is 7.49. The van der Waals surface area contributed by atoms with Crippen LogP contribution in [0, 0.1) is 0 Å². The van der Waals surface area contributed by atoms with Crippen molar-refractivity contribution in [3.05, 3.63) is 0 Å². The molecule has 4 heteroatoms. The molecule has 9 heavy (non-hydrogen) atoms. The zero-order valence-corrected chi connectivity index (χ0v) is 5.84. The Labute approximate surface area is 54.3 Å². The lowest BCUT2D eigenvalue weighted by Gasteiger charge is -2.17. The van der Waals surface area contributed by atoms with Crippen LogP contribution >= 0.6 is 0 Å². The number of nitrogens with zero attached hydrogens (tertiary/aromatic N) is 1. The van der Waals surface area contributed by atoms with E-state index in [9.17, 15) is 4.79 Å². The predicted molar refractivity (Wildman–Crippen MR) is 32.6 cm³/mol. The maximum atomic E-state index is 10.3. The highest BCUT2D eigenvalue weighted by Crippen LogP contribution is 2.05. The summed E-state index contributed by atoms with van der Waals surface area (Å²) in [7, 11) is 0. The molecule has 0 unspecified atom stereocenters. The van der Waals surface area contributed by atoms with E-state index in [0.29, 0.717) is 0 Å². The Morgan fingerprint density at radius 1 is 1.56 bits per heavy atom. The fourth-order valence-corrected chi connectivity index (χ4v) is 0.288. The van der Waals surface area contributed by atoms with Gasteiger partial charge in [0.1, 0.15) is 5.60 Å². The van der Waals surface area contributed by atoms with Gasteiger partial charge >= 0.3 is 6.09 Å². The number of rotatable bonds is 0. The van der Waals surface area contributed by atoms with Crippen molar-refractivity contribution in [3.8, 4) is 0 Å². The molecule has 0 heterocycles. The van der Waals surface area contributed by atoms with Gasteiger partial charge in [0, 0.05) is 0 Å². The van der Waals surface area contributed by atoms with Gasteiger partial charge in [0.2, 0.25) is 0 Å². The van der Waals surface area contributed by atoms with Crippen molar-refractivity contribution in [2.75, 3.05) is 0 Å². The zero-order valence-electron chi connectivity index (χ0n) is 5.84. The van der Waals surface area contributed by atoms with Crippen molar-refractivity contribution in [3.63, 3.8) is 0 Å². The second kappa shape index (κ2) is 2.68. The molecule has 0 atom stereocenters. The first-order valence-electron chi connectivity index (χ1n) is 2.59. The van der Waals surface area contributed by atoms with Crippen molar-refractivity contribution >= 4 is 6.09 Å². The molecule has 2 N–H and O–H groups in total. The number of ether oxygens (including phenoxy) is 1. The summed E-state index contributed by atoms with van der Waals surface area (Å²) in [6, 6.07) is 0. The molecule has 0 aliphatic rings. The van der Waals surface area contributed by atoms with Crippen LogP contribution in [0.3, 0.4) is 0 Å². The Kier molecular flexibility index (Phi) is 2.45. The highest BCUT2D eigenvalue weighted by atomic mass is 16.6. The normalized spacial score (nSPS) is 10.7. The summed E-state index contributed by atoms with van der Waals surface area (Å²) in [5.41, 5.74) is 2.31. The molecule has 0 aromatic heterocycles. The average Bonchev–Trinajstić information content (AvgIpc) is 1.62. The number of carbonyl (C=O) groups excluding carboxylic acids is 1. The van der Waals surface area contributed by atoms with Crippen LogP contribution in [0.4, 0.5) is 4.79 Å². The molecule has 1 amide bonds. The second-order valence-electron chi connectivity index (χ2n) is 2.61. The number of amides is 1. The summed E-state index contributed by atoms with van der Waals surface area (Å²) in [5, 5.41) is 0. The molecule has 53 valence electrons.